The SMILES string of the molecule is Fc1ccc(C(CCN2CCCCC2)c2ncc3cccn3n2)cc1. The molecule has 1 aliphatic rings. The molecule has 3 aromatic rings. The monoisotopic (exact) mass is 338 g/mol. The molecule has 1 fully saturated rings. The molecular weight excluding hydrogens is 315 g/mol. The van der Waals surface area contributed by atoms with Crippen LogP contribution in [-0.2, 0) is 0 Å². The smallest absolute Gasteiger partial charge is 0.156 e. The van der Waals surface area contributed by atoms with E-state index < -0.39 is 0 Å². The van der Waals surface area contributed by atoms with Crippen LogP contribution in [0.25, 0.3) is 5.52 Å². The topological polar surface area (TPSA) is 33.4 Å². The maximum atomic E-state index is 13.4. The predicted octanol–water partition coefficient (Wildman–Crippen LogP) is 3.88. The molecule has 5 heteroatoms. The average Bonchev–Trinajstić information content (AvgIpc) is 3.12. The summed E-state index contributed by atoms with van der Waals surface area (Å²) in [6.45, 7) is 3.37. The van der Waals surface area contributed by atoms with Gasteiger partial charge in [0, 0.05) is 12.1 Å². The van der Waals surface area contributed by atoms with Gasteiger partial charge in [-0.25, -0.2) is 13.9 Å². The first-order valence-corrected chi connectivity index (χ1v) is 9.08. The van der Waals surface area contributed by atoms with Gasteiger partial charge in [0.1, 0.15) is 5.82 Å². The van der Waals surface area contributed by atoms with Crippen molar-refractivity contribution in [3.05, 3.63) is 66.0 Å². The predicted molar refractivity (Wildman–Crippen MR) is 96.1 cm³/mol. The summed E-state index contributed by atoms with van der Waals surface area (Å²) >= 11 is 0. The molecule has 1 saturated heterocycles. The van der Waals surface area contributed by atoms with E-state index in [1.165, 1.54) is 44.5 Å². The normalized spacial score (nSPS) is 17.0. The van der Waals surface area contributed by atoms with Gasteiger partial charge in [-0.1, -0.05) is 18.6 Å². The van der Waals surface area contributed by atoms with Gasteiger partial charge in [0.2, 0.25) is 0 Å². The van der Waals surface area contributed by atoms with Crippen molar-refractivity contribution in [1.82, 2.24) is 19.5 Å². The fourth-order valence-corrected chi connectivity index (χ4v) is 3.64. The number of nitrogens with zero attached hydrogens (tertiary/aromatic N) is 4. The fourth-order valence-electron chi connectivity index (χ4n) is 3.64. The van der Waals surface area contributed by atoms with Crippen LogP contribution in [0.5, 0.6) is 0 Å². The Balaban J connectivity index is 1.60. The Morgan fingerprint density at radius 3 is 2.64 bits per heavy atom. The number of benzene rings is 1. The Bertz CT molecular complexity index is 821. The largest absolute Gasteiger partial charge is 0.303 e. The molecule has 4 rings (SSSR count). The highest BCUT2D eigenvalue weighted by Crippen LogP contribution is 2.26. The molecule has 0 bridgehead atoms. The van der Waals surface area contributed by atoms with Crippen molar-refractivity contribution in [2.75, 3.05) is 19.6 Å². The Kier molecular flexibility index (Phi) is 4.74. The summed E-state index contributed by atoms with van der Waals surface area (Å²) in [5.41, 5.74) is 2.06. The molecule has 1 aromatic carbocycles. The molecule has 1 unspecified atom stereocenters. The molecule has 1 atom stereocenters. The van der Waals surface area contributed by atoms with E-state index in [9.17, 15) is 4.39 Å². The molecule has 0 amide bonds. The van der Waals surface area contributed by atoms with Gasteiger partial charge < -0.3 is 4.90 Å². The molecular formula is C20H23FN4. The third-order valence-corrected chi connectivity index (χ3v) is 5.06. The van der Waals surface area contributed by atoms with Crippen molar-refractivity contribution in [2.45, 2.75) is 31.6 Å². The number of fused-ring (bicyclic) bond motifs is 1. The number of rotatable bonds is 5. The summed E-state index contributed by atoms with van der Waals surface area (Å²) in [7, 11) is 0. The Labute approximate surface area is 147 Å². The van der Waals surface area contributed by atoms with Gasteiger partial charge in [0.05, 0.1) is 11.7 Å². The van der Waals surface area contributed by atoms with E-state index >= 15 is 0 Å². The van der Waals surface area contributed by atoms with Crippen LogP contribution in [0.1, 0.15) is 43.0 Å². The standard InChI is InChI=1S/C20H23FN4/c21-17-8-6-16(7-9-17)19(10-14-24-11-2-1-3-12-24)20-22-15-18-5-4-13-25(18)23-20/h4-9,13,15,19H,1-3,10-12,14H2. The lowest BCUT2D eigenvalue weighted by atomic mass is 9.94. The van der Waals surface area contributed by atoms with Crippen molar-refractivity contribution in [3.8, 4) is 0 Å². The van der Waals surface area contributed by atoms with E-state index in [1.807, 2.05) is 41.2 Å². The van der Waals surface area contributed by atoms with Crippen LogP contribution >= 0.6 is 0 Å². The zero-order valence-electron chi connectivity index (χ0n) is 14.3. The third kappa shape index (κ3) is 3.71. The number of piperidine rings is 1. The molecule has 0 radical (unpaired) electrons. The number of hydrogen-bond donors (Lipinski definition) is 0. The van der Waals surface area contributed by atoms with E-state index in [4.69, 9.17) is 5.10 Å². The Hall–Kier alpha value is -2.27. The fraction of sp³-hybridized carbons (Fsp3) is 0.400. The van der Waals surface area contributed by atoms with Gasteiger partial charge in [0.25, 0.3) is 0 Å². The number of likely N-dealkylation sites (tertiary alicyclic amines) is 1. The maximum absolute atomic E-state index is 13.4. The molecule has 2 aromatic heterocycles. The summed E-state index contributed by atoms with van der Waals surface area (Å²) in [4.78, 5) is 7.12. The second kappa shape index (κ2) is 7.31. The molecule has 130 valence electrons. The minimum Gasteiger partial charge on any atom is -0.303 e. The molecule has 0 spiro atoms. The van der Waals surface area contributed by atoms with Crippen LogP contribution in [0.4, 0.5) is 4.39 Å². The summed E-state index contributed by atoms with van der Waals surface area (Å²) in [5.74, 6) is 0.668. The Morgan fingerprint density at radius 2 is 1.84 bits per heavy atom. The highest BCUT2D eigenvalue weighted by molar-refractivity contribution is 5.43. The number of hydrogen-bond acceptors (Lipinski definition) is 3. The highest BCUT2D eigenvalue weighted by Gasteiger charge is 2.20. The third-order valence-electron chi connectivity index (χ3n) is 5.06. The zero-order valence-corrected chi connectivity index (χ0v) is 14.3. The van der Waals surface area contributed by atoms with Crippen LogP contribution in [0.15, 0.2) is 48.8 Å². The average molecular weight is 338 g/mol. The second-order valence-corrected chi connectivity index (χ2v) is 6.79. The summed E-state index contributed by atoms with van der Waals surface area (Å²) in [6, 6.07) is 10.7. The molecule has 0 saturated carbocycles. The van der Waals surface area contributed by atoms with E-state index in [-0.39, 0.29) is 11.7 Å². The quantitative estimate of drug-likeness (QED) is 0.708. The van der Waals surface area contributed by atoms with Crippen molar-refractivity contribution in [2.24, 2.45) is 0 Å². The first kappa shape index (κ1) is 16.2. The first-order chi connectivity index (χ1) is 12.3. The summed E-state index contributed by atoms with van der Waals surface area (Å²) < 4.78 is 15.2. The van der Waals surface area contributed by atoms with Gasteiger partial charge in [-0.2, -0.15) is 5.10 Å². The van der Waals surface area contributed by atoms with Gasteiger partial charge in [-0.05, 0) is 68.7 Å². The van der Waals surface area contributed by atoms with Gasteiger partial charge >= 0.3 is 0 Å². The minimum absolute atomic E-state index is 0.0781. The Morgan fingerprint density at radius 1 is 1.04 bits per heavy atom. The van der Waals surface area contributed by atoms with Crippen LogP contribution in [0, 0.1) is 5.82 Å². The number of halogens is 1. The molecule has 4 nitrogen and oxygen atoms in total. The maximum Gasteiger partial charge on any atom is 0.156 e. The van der Waals surface area contributed by atoms with Gasteiger partial charge in [0.15, 0.2) is 5.82 Å². The van der Waals surface area contributed by atoms with Crippen LogP contribution in [0.3, 0.4) is 0 Å². The van der Waals surface area contributed by atoms with Crippen LogP contribution in [-0.4, -0.2) is 39.1 Å². The lowest BCUT2D eigenvalue weighted by molar-refractivity contribution is 0.222. The van der Waals surface area contributed by atoms with Crippen molar-refractivity contribution < 1.29 is 4.39 Å². The van der Waals surface area contributed by atoms with Crippen molar-refractivity contribution in [3.63, 3.8) is 0 Å². The lowest BCUT2D eigenvalue weighted by Gasteiger charge is -2.28. The number of aromatic nitrogens is 3. The molecule has 25 heavy (non-hydrogen) atoms. The van der Waals surface area contributed by atoms with Gasteiger partial charge in [-0.15, -0.1) is 0 Å². The molecule has 0 N–H and O–H groups in total. The van der Waals surface area contributed by atoms with Crippen LogP contribution in [0.2, 0.25) is 0 Å². The van der Waals surface area contributed by atoms with Crippen molar-refractivity contribution >= 4 is 5.52 Å². The zero-order chi connectivity index (χ0) is 17.1. The van der Waals surface area contributed by atoms with Crippen LogP contribution < -0.4 is 0 Å². The van der Waals surface area contributed by atoms with Gasteiger partial charge in [-0.3, -0.25) is 0 Å². The highest BCUT2D eigenvalue weighted by atomic mass is 19.1. The minimum atomic E-state index is -0.208. The first-order valence-electron chi connectivity index (χ1n) is 9.08. The second-order valence-electron chi connectivity index (χ2n) is 6.79. The van der Waals surface area contributed by atoms with E-state index in [0.717, 1.165) is 29.9 Å². The molecule has 3 heterocycles. The summed E-state index contributed by atoms with van der Waals surface area (Å²) in [6.07, 6.45) is 8.65. The molecule has 0 aliphatic carbocycles. The van der Waals surface area contributed by atoms with E-state index in [1.54, 1.807) is 0 Å². The van der Waals surface area contributed by atoms with Crippen molar-refractivity contribution in [1.29, 1.82) is 0 Å². The molecule has 1 aliphatic heterocycles. The lowest BCUT2D eigenvalue weighted by Crippen LogP contribution is -2.31. The van der Waals surface area contributed by atoms with E-state index in [0.29, 0.717) is 0 Å². The van der Waals surface area contributed by atoms with E-state index in [2.05, 4.69) is 9.88 Å². The summed E-state index contributed by atoms with van der Waals surface area (Å²) in [5, 5.41) is 4.69.